The molecule has 0 atom stereocenters. The number of aromatic amines is 1. The second-order valence-electron chi connectivity index (χ2n) is 4.27. The van der Waals surface area contributed by atoms with Gasteiger partial charge in [-0.2, -0.15) is 0 Å². The second kappa shape index (κ2) is 5.48. The number of hydrogen-bond donors (Lipinski definition) is 1. The highest BCUT2D eigenvalue weighted by Crippen LogP contribution is 2.12. The number of aryl methyl sites for hydroxylation is 2. The van der Waals surface area contributed by atoms with Crippen LogP contribution in [0.2, 0.25) is 0 Å². The summed E-state index contributed by atoms with van der Waals surface area (Å²) in [5, 5.41) is 0. The number of carbonyl (C=O) groups excluding carboxylic acids is 1. The Labute approximate surface area is 102 Å². The van der Waals surface area contributed by atoms with Crippen molar-refractivity contribution in [3.05, 3.63) is 59.4 Å². The third kappa shape index (κ3) is 3.06. The average molecular weight is 227 g/mol. The highest BCUT2D eigenvalue weighted by Gasteiger charge is 2.07. The van der Waals surface area contributed by atoms with Gasteiger partial charge in [0.05, 0.1) is 5.69 Å². The van der Waals surface area contributed by atoms with Crippen LogP contribution in [0, 0.1) is 0 Å². The maximum absolute atomic E-state index is 11.3. The number of nitrogens with one attached hydrogen (secondary N) is 1. The standard InChI is InChI=1S/C15H17NO/c1-12(17)15-14(10-11-16-15)9-5-8-13-6-3-2-4-7-13/h2-4,6-7,10-11,16H,5,8-9H2,1H3. The molecule has 0 saturated heterocycles. The van der Waals surface area contributed by atoms with Gasteiger partial charge in [-0.1, -0.05) is 30.3 Å². The molecule has 1 aromatic heterocycles. The van der Waals surface area contributed by atoms with Crippen LogP contribution in [0.3, 0.4) is 0 Å². The lowest BCUT2D eigenvalue weighted by Gasteiger charge is -2.02. The summed E-state index contributed by atoms with van der Waals surface area (Å²) in [6, 6.07) is 12.4. The fourth-order valence-electron chi connectivity index (χ4n) is 2.07. The lowest BCUT2D eigenvalue weighted by molar-refractivity contribution is 0.101. The SMILES string of the molecule is CC(=O)c1[nH]ccc1CCCc1ccccc1. The van der Waals surface area contributed by atoms with Crippen molar-refractivity contribution in [2.45, 2.75) is 26.2 Å². The van der Waals surface area contributed by atoms with Crippen LogP contribution in [0.25, 0.3) is 0 Å². The highest BCUT2D eigenvalue weighted by molar-refractivity contribution is 5.93. The van der Waals surface area contributed by atoms with Gasteiger partial charge in [-0.15, -0.1) is 0 Å². The van der Waals surface area contributed by atoms with Gasteiger partial charge < -0.3 is 4.98 Å². The normalized spacial score (nSPS) is 10.4. The van der Waals surface area contributed by atoms with E-state index in [0.29, 0.717) is 0 Å². The molecule has 17 heavy (non-hydrogen) atoms. The van der Waals surface area contributed by atoms with Crippen LogP contribution in [-0.2, 0) is 12.8 Å². The van der Waals surface area contributed by atoms with E-state index < -0.39 is 0 Å². The zero-order valence-electron chi connectivity index (χ0n) is 10.1. The first-order valence-electron chi connectivity index (χ1n) is 5.98. The molecule has 0 amide bonds. The number of Topliss-reactive ketones (excluding diaryl/α,β-unsaturated/α-hetero) is 1. The van der Waals surface area contributed by atoms with E-state index in [1.54, 1.807) is 6.92 Å². The molecule has 2 rings (SSSR count). The summed E-state index contributed by atoms with van der Waals surface area (Å²) in [7, 11) is 0. The van der Waals surface area contributed by atoms with Crippen molar-refractivity contribution in [3.8, 4) is 0 Å². The Hall–Kier alpha value is -1.83. The van der Waals surface area contributed by atoms with Crippen molar-refractivity contribution >= 4 is 5.78 Å². The molecule has 0 saturated carbocycles. The third-order valence-corrected chi connectivity index (χ3v) is 2.94. The first kappa shape index (κ1) is 11.6. The molecule has 0 fully saturated rings. The van der Waals surface area contributed by atoms with Gasteiger partial charge >= 0.3 is 0 Å². The van der Waals surface area contributed by atoms with Crippen molar-refractivity contribution < 1.29 is 4.79 Å². The van der Waals surface area contributed by atoms with Crippen LogP contribution in [0.15, 0.2) is 42.6 Å². The molecule has 0 spiro atoms. The fraction of sp³-hybridized carbons (Fsp3) is 0.267. The molecule has 0 radical (unpaired) electrons. The Morgan fingerprint density at radius 3 is 2.59 bits per heavy atom. The van der Waals surface area contributed by atoms with Crippen LogP contribution in [0.5, 0.6) is 0 Å². The Bertz CT molecular complexity index is 485. The van der Waals surface area contributed by atoms with Gasteiger partial charge in [0.1, 0.15) is 0 Å². The number of hydrogen-bond acceptors (Lipinski definition) is 1. The predicted octanol–water partition coefficient (Wildman–Crippen LogP) is 3.39. The Balaban J connectivity index is 1.90. The van der Waals surface area contributed by atoms with Crippen LogP contribution >= 0.6 is 0 Å². The van der Waals surface area contributed by atoms with Gasteiger partial charge in [-0.25, -0.2) is 0 Å². The van der Waals surface area contributed by atoms with E-state index in [1.165, 1.54) is 5.56 Å². The summed E-state index contributed by atoms with van der Waals surface area (Å²) in [5.41, 5.74) is 3.25. The predicted molar refractivity (Wildman–Crippen MR) is 69.3 cm³/mol. The lowest BCUT2D eigenvalue weighted by Crippen LogP contribution is -1.98. The lowest BCUT2D eigenvalue weighted by atomic mass is 10.0. The van der Waals surface area contributed by atoms with Gasteiger partial charge in [0.25, 0.3) is 0 Å². The van der Waals surface area contributed by atoms with E-state index in [0.717, 1.165) is 30.5 Å². The smallest absolute Gasteiger partial charge is 0.176 e. The molecule has 1 heterocycles. The first-order valence-corrected chi connectivity index (χ1v) is 5.98. The second-order valence-corrected chi connectivity index (χ2v) is 4.27. The monoisotopic (exact) mass is 227 g/mol. The third-order valence-electron chi connectivity index (χ3n) is 2.94. The van der Waals surface area contributed by atoms with Crippen molar-refractivity contribution in [1.82, 2.24) is 4.98 Å². The molecule has 0 bridgehead atoms. The molecule has 1 N–H and O–H groups in total. The minimum Gasteiger partial charge on any atom is -0.359 e. The van der Waals surface area contributed by atoms with Crippen LogP contribution in [0.1, 0.15) is 35.0 Å². The summed E-state index contributed by atoms with van der Waals surface area (Å²) in [5.74, 6) is 0.115. The van der Waals surface area contributed by atoms with Gasteiger partial charge in [0.15, 0.2) is 5.78 Å². The number of carbonyl (C=O) groups is 1. The van der Waals surface area contributed by atoms with Gasteiger partial charge in [-0.3, -0.25) is 4.79 Å². The maximum atomic E-state index is 11.3. The molecule has 0 aliphatic heterocycles. The Kier molecular flexibility index (Phi) is 3.76. The van der Waals surface area contributed by atoms with E-state index >= 15 is 0 Å². The summed E-state index contributed by atoms with van der Waals surface area (Å²) in [6.07, 6.45) is 4.92. The molecule has 2 heteroatoms. The summed E-state index contributed by atoms with van der Waals surface area (Å²) in [4.78, 5) is 14.3. The topological polar surface area (TPSA) is 32.9 Å². The molecule has 0 aliphatic rings. The zero-order chi connectivity index (χ0) is 12.1. The number of H-pyrrole nitrogens is 1. The van der Waals surface area contributed by atoms with Gasteiger partial charge in [0, 0.05) is 13.1 Å². The van der Waals surface area contributed by atoms with Crippen LogP contribution < -0.4 is 0 Å². The summed E-state index contributed by atoms with van der Waals surface area (Å²) < 4.78 is 0. The Morgan fingerprint density at radius 1 is 1.12 bits per heavy atom. The molecular formula is C15H17NO. The Morgan fingerprint density at radius 2 is 1.88 bits per heavy atom. The molecule has 88 valence electrons. The van der Waals surface area contributed by atoms with Gasteiger partial charge in [-0.05, 0) is 36.5 Å². The van der Waals surface area contributed by atoms with Crippen molar-refractivity contribution in [1.29, 1.82) is 0 Å². The maximum Gasteiger partial charge on any atom is 0.176 e. The number of rotatable bonds is 5. The minimum atomic E-state index is 0.115. The van der Waals surface area contributed by atoms with E-state index in [-0.39, 0.29) is 5.78 Å². The van der Waals surface area contributed by atoms with Crippen LogP contribution in [-0.4, -0.2) is 10.8 Å². The quantitative estimate of drug-likeness (QED) is 0.780. The van der Waals surface area contributed by atoms with E-state index in [1.807, 2.05) is 18.3 Å². The largest absolute Gasteiger partial charge is 0.359 e. The van der Waals surface area contributed by atoms with Crippen molar-refractivity contribution in [2.75, 3.05) is 0 Å². The van der Waals surface area contributed by atoms with Crippen molar-refractivity contribution in [3.63, 3.8) is 0 Å². The van der Waals surface area contributed by atoms with E-state index in [9.17, 15) is 4.79 Å². The molecule has 1 aromatic carbocycles. The average Bonchev–Trinajstić information content (AvgIpc) is 2.79. The molecule has 2 aromatic rings. The first-order chi connectivity index (χ1) is 8.27. The minimum absolute atomic E-state index is 0.115. The fourth-order valence-corrected chi connectivity index (χ4v) is 2.07. The molecule has 0 aliphatic carbocycles. The van der Waals surface area contributed by atoms with E-state index in [4.69, 9.17) is 0 Å². The van der Waals surface area contributed by atoms with Crippen LogP contribution in [0.4, 0.5) is 0 Å². The highest BCUT2D eigenvalue weighted by atomic mass is 16.1. The molecule has 0 unspecified atom stereocenters. The zero-order valence-corrected chi connectivity index (χ0v) is 10.1. The molecule has 2 nitrogen and oxygen atoms in total. The summed E-state index contributed by atoms with van der Waals surface area (Å²) in [6.45, 7) is 1.60. The number of aromatic nitrogens is 1. The van der Waals surface area contributed by atoms with Crippen molar-refractivity contribution in [2.24, 2.45) is 0 Å². The summed E-state index contributed by atoms with van der Waals surface area (Å²) >= 11 is 0. The van der Waals surface area contributed by atoms with E-state index in [2.05, 4.69) is 29.2 Å². The number of benzene rings is 1. The molecular weight excluding hydrogens is 210 g/mol. The van der Waals surface area contributed by atoms with Gasteiger partial charge in [0.2, 0.25) is 0 Å². The number of ketones is 1.